The van der Waals surface area contributed by atoms with Crippen LogP contribution >= 0.6 is 0 Å². The molecule has 0 radical (unpaired) electrons. The number of anilines is 2. The van der Waals surface area contributed by atoms with E-state index in [0.717, 1.165) is 36.6 Å². The first-order chi connectivity index (χ1) is 16.1. The Kier molecular flexibility index (Phi) is 5.60. The highest BCUT2D eigenvalue weighted by molar-refractivity contribution is 5.93. The number of carbonyl (C=O) groups is 1. The van der Waals surface area contributed by atoms with Crippen LogP contribution < -0.4 is 10.2 Å². The molecule has 1 amide bonds. The van der Waals surface area contributed by atoms with E-state index in [4.69, 9.17) is 4.52 Å². The molecule has 1 N–H and O–H groups in total. The van der Waals surface area contributed by atoms with Gasteiger partial charge in [-0.3, -0.25) is 4.79 Å². The predicted octanol–water partition coefficient (Wildman–Crippen LogP) is 3.79. The second-order valence-electron chi connectivity index (χ2n) is 8.22. The minimum Gasteiger partial charge on any atom is -0.355 e. The topological polar surface area (TPSA) is 102 Å². The first kappa shape index (κ1) is 20.9. The van der Waals surface area contributed by atoms with Crippen LogP contribution in [0.5, 0.6) is 0 Å². The Balaban J connectivity index is 1.34. The molecule has 9 nitrogen and oxygen atoms in total. The molecule has 0 saturated carbocycles. The van der Waals surface area contributed by atoms with Crippen LogP contribution in [-0.4, -0.2) is 43.7 Å². The third kappa shape index (κ3) is 4.48. The second kappa shape index (κ2) is 8.85. The molecule has 9 heteroatoms. The van der Waals surface area contributed by atoms with Crippen LogP contribution in [0.15, 0.2) is 59.5 Å². The lowest BCUT2D eigenvalue weighted by Gasteiger charge is -2.33. The van der Waals surface area contributed by atoms with Gasteiger partial charge in [-0.05, 0) is 57.0 Å². The molecular formula is C24H25N7O2. The van der Waals surface area contributed by atoms with E-state index in [2.05, 4.69) is 30.3 Å². The van der Waals surface area contributed by atoms with E-state index < -0.39 is 0 Å². The van der Waals surface area contributed by atoms with Crippen LogP contribution in [-0.2, 0) is 4.79 Å². The number of hydrogen-bond acceptors (Lipinski definition) is 7. The number of hydrogen-bond donors (Lipinski definition) is 1. The first-order valence-electron chi connectivity index (χ1n) is 11.0. The summed E-state index contributed by atoms with van der Waals surface area (Å²) in [7, 11) is 0. The summed E-state index contributed by atoms with van der Waals surface area (Å²) < 4.78 is 7.38. The van der Waals surface area contributed by atoms with Gasteiger partial charge in [0.25, 0.3) is 5.89 Å². The maximum absolute atomic E-state index is 13.1. The van der Waals surface area contributed by atoms with E-state index in [-0.39, 0.29) is 11.8 Å². The summed E-state index contributed by atoms with van der Waals surface area (Å²) in [6, 6.07) is 11.8. The van der Waals surface area contributed by atoms with Crippen molar-refractivity contribution in [3.8, 4) is 17.1 Å². The van der Waals surface area contributed by atoms with Crippen molar-refractivity contribution in [3.63, 3.8) is 0 Å². The lowest BCUT2D eigenvalue weighted by atomic mass is 9.96. The summed E-state index contributed by atoms with van der Waals surface area (Å²) in [5.74, 6) is 2.15. The van der Waals surface area contributed by atoms with Crippen molar-refractivity contribution in [1.82, 2.24) is 24.7 Å². The lowest BCUT2D eigenvalue weighted by molar-refractivity contribution is -0.120. The molecule has 1 saturated heterocycles. The van der Waals surface area contributed by atoms with Gasteiger partial charge in [0.15, 0.2) is 5.82 Å². The fraction of sp³-hybridized carbons (Fsp3) is 0.292. The molecule has 1 fully saturated rings. The Labute approximate surface area is 191 Å². The summed E-state index contributed by atoms with van der Waals surface area (Å²) in [4.78, 5) is 28.6. The summed E-state index contributed by atoms with van der Waals surface area (Å²) in [6.07, 6.45) is 7.37. The Bertz CT molecular complexity index is 1270. The summed E-state index contributed by atoms with van der Waals surface area (Å²) >= 11 is 0. The molecule has 3 aromatic heterocycles. The van der Waals surface area contributed by atoms with Gasteiger partial charge in [-0.2, -0.15) is 4.98 Å². The molecule has 1 unspecified atom stereocenters. The number of carbonyl (C=O) groups excluding carboxylic acids is 1. The van der Waals surface area contributed by atoms with Gasteiger partial charge in [-0.1, -0.05) is 11.2 Å². The molecule has 1 aromatic carbocycles. The van der Waals surface area contributed by atoms with Crippen molar-refractivity contribution < 1.29 is 9.32 Å². The zero-order valence-electron chi connectivity index (χ0n) is 18.6. The fourth-order valence-corrected chi connectivity index (χ4v) is 4.14. The van der Waals surface area contributed by atoms with Crippen molar-refractivity contribution in [2.45, 2.75) is 26.7 Å². The lowest BCUT2D eigenvalue weighted by Crippen LogP contribution is -2.41. The third-order valence-electron chi connectivity index (χ3n) is 5.76. The number of aromatic nitrogens is 5. The molecule has 4 aromatic rings. The van der Waals surface area contributed by atoms with E-state index in [1.807, 2.05) is 60.3 Å². The molecule has 0 bridgehead atoms. The van der Waals surface area contributed by atoms with Crippen LogP contribution in [0.4, 0.5) is 11.5 Å². The number of aryl methyl sites for hydroxylation is 2. The van der Waals surface area contributed by atoms with E-state index in [1.165, 1.54) is 0 Å². The first-order valence-corrected chi connectivity index (χ1v) is 11.0. The van der Waals surface area contributed by atoms with E-state index >= 15 is 0 Å². The molecule has 33 heavy (non-hydrogen) atoms. The summed E-state index contributed by atoms with van der Waals surface area (Å²) in [5.41, 5.74) is 2.46. The van der Waals surface area contributed by atoms with Crippen molar-refractivity contribution in [3.05, 3.63) is 66.6 Å². The van der Waals surface area contributed by atoms with E-state index in [9.17, 15) is 4.79 Å². The second-order valence-corrected chi connectivity index (χ2v) is 8.22. The molecule has 1 aliphatic heterocycles. The average Bonchev–Trinajstić information content (AvgIpc) is 3.51. The van der Waals surface area contributed by atoms with Crippen LogP contribution in [0.1, 0.15) is 24.5 Å². The predicted molar refractivity (Wildman–Crippen MR) is 124 cm³/mol. The van der Waals surface area contributed by atoms with E-state index in [1.54, 1.807) is 13.1 Å². The Morgan fingerprint density at radius 2 is 1.97 bits per heavy atom. The Morgan fingerprint density at radius 3 is 2.76 bits per heavy atom. The molecule has 5 rings (SSSR count). The maximum atomic E-state index is 13.1. The molecule has 4 heterocycles. The number of benzene rings is 1. The van der Waals surface area contributed by atoms with Crippen LogP contribution in [0, 0.1) is 19.8 Å². The van der Waals surface area contributed by atoms with Crippen molar-refractivity contribution >= 4 is 17.4 Å². The van der Waals surface area contributed by atoms with Gasteiger partial charge in [-0.25, -0.2) is 9.97 Å². The van der Waals surface area contributed by atoms with Gasteiger partial charge >= 0.3 is 0 Å². The molecule has 0 spiro atoms. The third-order valence-corrected chi connectivity index (χ3v) is 5.76. The number of rotatable bonds is 5. The highest BCUT2D eigenvalue weighted by atomic mass is 16.5. The van der Waals surface area contributed by atoms with Gasteiger partial charge in [0.05, 0.1) is 5.92 Å². The minimum atomic E-state index is -0.165. The molecule has 1 aliphatic rings. The standard InChI is InChI=1S/C24H25N7O2/c1-16-25-14-21(24-27-17(2)29-33-24)22(26-16)31-12-6-7-18(15-31)23(32)28-19-8-5-9-20(13-19)30-10-3-4-11-30/h3-5,8-11,13-14,18H,6-7,12,15H2,1-2H3,(H,28,32). The highest BCUT2D eigenvalue weighted by Crippen LogP contribution is 2.31. The van der Waals surface area contributed by atoms with Crippen molar-refractivity contribution in [1.29, 1.82) is 0 Å². The van der Waals surface area contributed by atoms with Gasteiger partial charge in [-0.15, -0.1) is 0 Å². The molecule has 168 valence electrons. The Morgan fingerprint density at radius 1 is 1.12 bits per heavy atom. The van der Waals surface area contributed by atoms with Crippen molar-refractivity contribution in [2.24, 2.45) is 5.92 Å². The van der Waals surface area contributed by atoms with Gasteiger partial charge in [0.2, 0.25) is 5.91 Å². The number of amides is 1. The van der Waals surface area contributed by atoms with Gasteiger partial charge in [0.1, 0.15) is 17.2 Å². The molecular weight excluding hydrogens is 418 g/mol. The number of nitrogens with zero attached hydrogens (tertiary/aromatic N) is 6. The Hall–Kier alpha value is -4.01. The molecule has 0 aliphatic carbocycles. The number of piperidine rings is 1. The van der Waals surface area contributed by atoms with Crippen molar-refractivity contribution in [2.75, 3.05) is 23.3 Å². The van der Waals surface area contributed by atoms with E-state index in [0.29, 0.717) is 29.6 Å². The zero-order chi connectivity index (χ0) is 22.8. The highest BCUT2D eigenvalue weighted by Gasteiger charge is 2.29. The SMILES string of the molecule is Cc1noc(-c2cnc(C)nc2N2CCCC(C(=O)Nc3cccc(-n4cccc4)c3)C2)n1. The largest absolute Gasteiger partial charge is 0.355 e. The maximum Gasteiger partial charge on any atom is 0.263 e. The van der Waals surface area contributed by atoms with Gasteiger partial charge in [0, 0.05) is 43.1 Å². The summed E-state index contributed by atoms with van der Waals surface area (Å²) in [6.45, 7) is 4.97. The zero-order valence-corrected chi connectivity index (χ0v) is 18.6. The number of nitrogens with one attached hydrogen (secondary N) is 1. The minimum absolute atomic E-state index is 0.00492. The monoisotopic (exact) mass is 443 g/mol. The normalized spacial score (nSPS) is 16.1. The average molecular weight is 444 g/mol. The van der Waals surface area contributed by atoms with Gasteiger partial charge < -0.3 is 19.3 Å². The van der Waals surface area contributed by atoms with Crippen LogP contribution in [0.2, 0.25) is 0 Å². The van der Waals surface area contributed by atoms with Crippen LogP contribution in [0.25, 0.3) is 17.1 Å². The quantitative estimate of drug-likeness (QED) is 0.501. The fourth-order valence-electron chi connectivity index (χ4n) is 4.14. The smallest absolute Gasteiger partial charge is 0.263 e. The van der Waals surface area contributed by atoms with Crippen LogP contribution in [0.3, 0.4) is 0 Å². The molecule has 1 atom stereocenters. The summed E-state index contributed by atoms with van der Waals surface area (Å²) in [5, 5.41) is 6.99.